The largest absolute Gasteiger partial charge is 0.309 e. The highest BCUT2D eigenvalue weighted by Gasteiger charge is 2.17. The van der Waals surface area contributed by atoms with Crippen LogP contribution in [0.4, 0.5) is 0 Å². The molecule has 0 aliphatic rings. The van der Waals surface area contributed by atoms with E-state index in [1.165, 1.54) is 86.0 Å². The Morgan fingerprint density at radius 1 is 0.314 bits per heavy atom. The summed E-state index contributed by atoms with van der Waals surface area (Å²) in [4.78, 5) is 0. The molecule has 3 heteroatoms. The SMILES string of the molecule is c1cc(-c2ccc(-c3cccc4c3sc3ccccc34)cc2)cc(-n2c3ccccc3c3ccc(-n4c5ccccc5c5ccccc54)cc32)c1. The zero-order chi connectivity index (χ0) is 33.5. The first kappa shape index (κ1) is 28.4. The van der Waals surface area contributed by atoms with Crippen molar-refractivity contribution in [3.8, 4) is 33.6 Å². The molecule has 2 nitrogen and oxygen atoms in total. The van der Waals surface area contributed by atoms with E-state index in [-0.39, 0.29) is 0 Å². The second kappa shape index (κ2) is 11.0. The van der Waals surface area contributed by atoms with Crippen molar-refractivity contribution in [3.05, 3.63) is 182 Å². The van der Waals surface area contributed by atoms with Gasteiger partial charge in [-0.3, -0.25) is 0 Å². The van der Waals surface area contributed by atoms with Crippen LogP contribution >= 0.6 is 11.3 Å². The van der Waals surface area contributed by atoms with Gasteiger partial charge in [0.2, 0.25) is 0 Å². The molecule has 0 radical (unpaired) electrons. The third-order valence-corrected chi connectivity index (χ3v) is 11.8. The molecule has 0 atom stereocenters. The lowest BCUT2D eigenvalue weighted by atomic mass is 9.99. The van der Waals surface area contributed by atoms with Crippen molar-refractivity contribution in [2.45, 2.75) is 0 Å². The number of rotatable bonds is 4. The van der Waals surface area contributed by atoms with Crippen LogP contribution in [0.15, 0.2) is 182 Å². The number of para-hydroxylation sites is 3. The molecule has 11 aromatic rings. The standard InChI is InChI=1S/C48H30N2S/c1-5-19-43-37(13-1)38-14-2-6-20-44(38)49(43)35-27-28-40-39-15-3-7-21-45(39)50(46(40)30-35)34-12-9-11-33(29-34)31-23-25-32(26-24-31)36-17-10-18-42-41-16-4-8-22-47(41)51-48(36)42/h1-30H. The van der Waals surface area contributed by atoms with Gasteiger partial charge in [-0.15, -0.1) is 11.3 Å². The Hall–Kier alpha value is -6.42. The van der Waals surface area contributed by atoms with Crippen molar-refractivity contribution in [1.82, 2.24) is 9.13 Å². The van der Waals surface area contributed by atoms with Crippen molar-refractivity contribution < 1.29 is 0 Å². The predicted octanol–water partition coefficient (Wildman–Crippen LogP) is 13.6. The van der Waals surface area contributed by atoms with E-state index in [2.05, 4.69) is 191 Å². The van der Waals surface area contributed by atoms with E-state index in [4.69, 9.17) is 0 Å². The molecule has 238 valence electrons. The number of benzene rings is 8. The van der Waals surface area contributed by atoms with Gasteiger partial charge in [-0.25, -0.2) is 0 Å². The Labute approximate surface area is 298 Å². The van der Waals surface area contributed by atoms with Gasteiger partial charge in [0.25, 0.3) is 0 Å². The molecule has 3 aromatic heterocycles. The number of nitrogens with zero attached hydrogens (tertiary/aromatic N) is 2. The average molecular weight is 667 g/mol. The Balaban J connectivity index is 1.05. The quantitative estimate of drug-likeness (QED) is 0.177. The third-order valence-electron chi connectivity index (χ3n) is 10.5. The van der Waals surface area contributed by atoms with E-state index < -0.39 is 0 Å². The van der Waals surface area contributed by atoms with Crippen molar-refractivity contribution >= 4 is 75.1 Å². The molecule has 0 amide bonds. The van der Waals surface area contributed by atoms with Crippen LogP contribution in [0.1, 0.15) is 0 Å². The van der Waals surface area contributed by atoms with Crippen molar-refractivity contribution in [2.75, 3.05) is 0 Å². The van der Waals surface area contributed by atoms with Gasteiger partial charge in [0.05, 0.1) is 22.1 Å². The van der Waals surface area contributed by atoms with Crippen molar-refractivity contribution in [2.24, 2.45) is 0 Å². The summed E-state index contributed by atoms with van der Waals surface area (Å²) in [7, 11) is 0. The molecule has 0 fully saturated rings. The maximum atomic E-state index is 2.43. The predicted molar refractivity (Wildman–Crippen MR) is 219 cm³/mol. The summed E-state index contributed by atoms with van der Waals surface area (Å²) in [5.41, 5.74) is 12.1. The van der Waals surface area contributed by atoms with Gasteiger partial charge in [-0.2, -0.15) is 0 Å². The highest BCUT2D eigenvalue weighted by molar-refractivity contribution is 7.26. The van der Waals surface area contributed by atoms with Gasteiger partial charge in [-0.05, 0) is 70.8 Å². The fourth-order valence-corrected chi connectivity index (χ4v) is 9.46. The lowest BCUT2D eigenvalue weighted by molar-refractivity contribution is 1.15. The second-order valence-corrected chi connectivity index (χ2v) is 14.4. The monoisotopic (exact) mass is 666 g/mol. The number of hydrogen-bond acceptors (Lipinski definition) is 1. The smallest absolute Gasteiger partial charge is 0.0561 e. The third kappa shape index (κ3) is 4.29. The Kier molecular flexibility index (Phi) is 6.16. The summed E-state index contributed by atoms with van der Waals surface area (Å²) in [6, 6.07) is 66.6. The number of thiophene rings is 1. The molecule has 3 heterocycles. The van der Waals surface area contributed by atoms with E-state index in [1.54, 1.807) is 0 Å². The molecule has 0 N–H and O–H groups in total. The van der Waals surface area contributed by atoms with Gasteiger partial charge in [0, 0.05) is 53.1 Å². The summed E-state index contributed by atoms with van der Waals surface area (Å²) in [5.74, 6) is 0. The van der Waals surface area contributed by atoms with E-state index in [0.717, 1.165) is 11.4 Å². The maximum Gasteiger partial charge on any atom is 0.0561 e. The molecule has 8 aromatic carbocycles. The molecular weight excluding hydrogens is 637 g/mol. The van der Waals surface area contributed by atoms with Crippen LogP contribution in [-0.2, 0) is 0 Å². The minimum absolute atomic E-state index is 1.15. The zero-order valence-corrected chi connectivity index (χ0v) is 28.4. The fourth-order valence-electron chi connectivity index (χ4n) is 8.22. The minimum Gasteiger partial charge on any atom is -0.309 e. The molecule has 51 heavy (non-hydrogen) atoms. The highest BCUT2D eigenvalue weighted by atomic mass is 32.1. The Morgan fingerprint density at radius 2 is 0.843 bits per heavy atom. The summed E-state index contributed by atoms with van der Waals surface area (Å²) in [6.07, 6.45) is 0. The van der Waals surface area contributed by atoms with Crippen LogP contribution in [0.2, 0.25) is 0 Å². The first-order valence-corrected chi connectivity index (χ1v) is 18.3. The number of aromatic nitrogens is 2. The lowest BCUT2D eigenvalue weighted by Crippen LogP contribution is -1.97. The molecule has 0 unspecified atom stereocenters. The van der Waals surface area contributed by atoms with Gasteiger partial charge in [0.15, 0.2) is 0 Å². The summed E-state index contributed by atoms with van der Waals surface area (Å²) in [5, 5.41) is 7.71. The topological polar surface area (TPSA) is 9.86 Å². The van der Waals surface area contributed by atoms with Crippen LogP contribution in [0.3, 0.4) is 0 Å². The highest BCUT2D eigenvalue weighted by Crippen LogP contribution is 2.41. The molecule has 0 bridgehead atoms. The first-order valence-electron chi connectivity index (χ1n) is 17.4. The molecular formula is C48H30N2S. The molecule has 0 aliphatic heterocycles. The van der Waals surface area contributed by atoms with E-state index >= 15 is 0 Å². The molecule has 0 spiro atoms. The molecule has 0 saturated carbocycles. The van der Waals surface area contributed by atoms with E-state index in [1.807, 2.05) is 11.3 Å². The summed E-state index contributed by atoms with van der Waals surface area (Å²) in [6.45, 7) is 0. The maximum absolute atomic E-state index is 2.43. The normalized spacial score (nSPS) is 11.9. The number of hydrogen-bond donors (Lipinski definition) is 0. The average Bonchev–Trinajstić information content (AvgIpc) is 3.86. The first-order chi connectivity index (χ1) is 25.3. The van der Waals surface area contributed by atoms with E-state index in [0.29, 0.717) is 0 Å². The molecule has 0 saturated heterocycles. The van der Waals surface area contributed by atoms with Crippen LogP contribution in [-0.4, -0.2) is 9.13 Å². The number of fused-ring (bicyclic) bond motifs is 9. The van der Waals surface area contributed by atoms with Crippen molar-refractivity contribution in [3.63, 3.8) is 0 Å². The van der Waals surface area contributed by atoms with Crippen LogP contribution in [0.5, 0.6) is 0 Å². The molecule has 0 aliphatic carbocycles. The second-order valence-electron chi connectivity index (χ2n) is 13.3. The van der Waals surface area contributed by atoms with Crippen molar-refractivity contribution in [1.29, 1.82) is 0 Å². The summed E-state index contributed by atoms with van der Waals surface area (Å²) >= 11 is 1.88. The van der Waals surface area contributed by atoms with Gasteiger partial charge < -0.3 is 9.13 Å². The Bertz CT molecular complexity index is 3080. The minimum atomic E-state index is 1.15. The van der Waals surface area contributed by atoms with Gasteiger partial charge in [0.1, 0.15) is 0 Å². The van der Waals surface area contributed by atoms with Crippen LogP contribution < -0.4 is 0 Å². The Morgan fingerprint density at radius 3 is 1.55 bits per heavy atom. The van der Waals surface area contributed by atoms with Gasteiger partial charge >= 0.3 is 0 Å². The zero-order valence-electron chi connectivity index (χ0n) is 27.6. The van der Waals surface area contributed by atoms with Gasteiger partial charge in [-0.1, -0.05) is 133 Å². The van der Waals surface area contributed by atoms with Crippen LogP contribution in [0, 0.1) is 0 Å². The van der Waals surface area contributed by atoms with E-state index in [9.17, 15) is 0 Å². The lowest BCUT2D eigenvalue weighted by Gasteiger charge is -2.13. The summed E-state index contributed by atoms with van der Waals surface area (Å²) < 4.78 is 7.52. The van der Waals surface area contributed by atoms with Crippen LogP contribution in [0.25, 0.3) is 97.4 Å². The molecule has 11 rings (SSSR count). The fraction of sp³-hybridized carbons (Fsp3) is 0.